The molecule has 0 bridgehead atoms. The molecule has 0 saturated carbocycles. The molecule has 17 heavy (non-hydrogen) atoms. The van der Waals surface area contributed by atoms with Crippen LogP contribution in [0.25, 0.3) is 0 Å². The highest BCUT2D eigenvalue weighted by atomic mass is 16.6. The summed E-state index contributed by atoms with van der Waals surface area (Å²) in [6, 6.07) is 5.30. The number of nitro groups is 1. The molecule has 0 amide bonds. The van der Waals surface area contributed by atoms with Gasteiger partial charge in [-0.05, 0) is 6.07 Å². The Hall–Kier alpha value is -2.70. The van der Waals surface area contributed by atoms with Gasteiger partial charge < -0.3 is 9.72 Å². The smallest absolute Gasteiger partial charge is 0.345 e. The molecule has 1 aromatic carbocycles. The third-order valence-electron chi connectivity index (χ3n) is 1.97. The molecule has 1 aromatic heterocycles. The van der Waals surface area contributed by atoms with E-state index in [1.165, 1.54) is 30.7 Å². The van der Waals surface area contributed by atoms with Crippen LogP contribution in [-0.2, 0) is 0 Å². The molecule has 0 unspecified atom stereocenters. The number of nitro benzene ring substituents is 1. The number of nitrogens with zero attached hydrogens (tertiary/aromatic N) is 2. The van der Waals surface area contributed by atoms with E-state index in [0.29, 0.717) is 0 Å². The van der Waals surface area contributed by atoms with Crippen molar-refractivity contribution in [1.29, 1.82) is 0 Å². The van der Waals surface area contributed by atoms with Crippen LogP contribution < -0.4 is 4.74 Å². The van der Waals surface area contributed by atoms with Crippen LogP contribution in [0, 0.1) is 10.1 Å². The fourth-order valence-electron chi connectivity index (χ4n) is 1.20. The number of rotatable bonds is 3. The lowest BCUT2D eigenvalue weighted by atomic mass is 10.2. The standard InChI is InChI=1S/C10H7N3O4/c14-10(17-9-5-11-6-12-9)7-2-1-3-8(4-7)13(15)16/h1-6H,(H,11,12). The van der Waals surface area contributed by atoms with Crippen molar-refractivity contribution in [3.8, 4) is 5.88 Å². The van der Waals surface area contributed by atoms with E-state index in [-0.39, 0.29) is 17.1 Å². The van der Waals surface area contributed by atoms with Crippen LogP contribution in [0.3, 0.4) is 0 Å². The maximum atomic E-state index is 11.6. The first-order chi connectivity index (χ1) is 8.16. The first-order valence-electron chi connectivity index (χ1n) is 4.62. The second kappa shape index (κ2) is 4.44. The molecule has 0 aliphatic carbocycles. The van der Waals surface area contributed by atoms with E-state index >= 15 is 0 Å². The van der Waals surface area contributed by atoms with E-state index in [4.69, 9.17) is 4.74 Å². The van der Waals surface area contributed by atoms with Crippen molar-refractivity contribution in [3.63, 3.8) is 0 Å². The lowest BCUT2D eigenvalue weighted by Gasteiger charge is -2.00. The predicted octanol–water partition coefficient (Wildman–Crippen LogP) is 1.54. The number of esters is 1. The van der Waals surface area contributed by atoms with Crippen molar-refractivity contribution < 1.29 is 14.5 Å². The molecule has 0 saturated heterocycles. The molecular formula is C10H7N3O4. The minimum Gasteiger partial charge on any atom is -0.404 e. The third kappa shape index (κ3) is 2.46. The quantitative estimate of drug-likeness (QED) is 0.492. The Labute approximate surface area is 95.2 Å². The van der Waals surface area contributed by atoms with E-state index < -0.39 is 10.9 Å². The van der Waals surface area contributed by atoms with Gasteiger partial charge in [0.05, 0.1) is 23.0 Å². The minimum absolute atomic E-state index is 0.105. The molecular weight excluding hydrogens is 226 g/mol. The van der Waals surface area contributed by atoms with Crippen molar-refractivity contribution >= 4 is 11.7 Å². The average Bonchev–Trinajstić information content (AvgIpc) is 2.82. The van der Waals surface area contributed by atoms with E-state index in [2.05, 4.69) is 9.97 Å². The molecule has 0 aliphatic rings. The van der Waals surface area contributed by atoms with Gasteiger partial charge in [0.1, 0.15) is 0 Å². The molecule has 7 heteroatoms. The van der Waals surface area contributed by atoms with E-state index in [0.717, 1.165) is 6.07 Å². The van der Waals surface area contributed by atoms with Crippen molar-refractivity contribution in [2.24, 2.45) is 0 Å². The Morgan fingerprint density at radius 2 is 2.29 bits per heavy atom. The largest absolute Gasteiger partial charge is 0.404 e. The number of carbonyl (C=O) groups is 1. The molecule has 7 nitrogen and oxygen atoms in total. The summed E-state index contributed by atoms with van der Waals surface area (Å²) in [5.74, 6) is -0.501. The monoisotopic (exact) mass is 233 g/mol. The topological polar surface area (TPSA) is 98.1 Å². The highest BCUT2D eigenvalue weighted by Crippen LogP contribution is 2.14. The molecule has 2 rings (SSSR count). The number of benzene rings is 1. The summed E-state index contributed by atoms with van der Waals surface area (Å²) in [5.41, 5.74) is -0.0575. The van der Waals surface area contributed by atoms with Gasteiger partial charge in [0.25, 0.3) is 5.69 Å². The van der Waals surface area contributed by atoms with Crippen LogP contribution in [0.4, 0.5) is 5.69 Å². The van der Waals surface area contributed by atoms with Gasteiger partial charge in [-0.3, -0.25) is 10.1 Å². The number of aromatic nitrogens is 2. The number of non-ortho nitro benzene ring substituents is 1. The molecule has 1 N–H and O–H groups in total. The van der Waals surface area contributed by atoms with Gasteiger partial charge in [0, 0.05) is 12.1 Å². The number of imidazole rings is 1. The minimum atomic E-state index is -0.682. The number of hydrogen-bond acceptors (Lipinski definition) is 5. The zero-order valence-corrected chi connectivity index (χ0v) is 8.49. The van der Waals surface area contributed by atoms with Crippen molar-refractivity contribution in [3.05, 3.63) is 52.5 Å². The Balaban J connectivity index is 2.19. The summed E-state index contributed by atoms with van der Waals surface area (Å²) in [4.78, 5) is 27.8. The van der Waals surface area contributed by atoms with Crippen molar-refractivity contribution in [2.75, 3.05) is 0 Å². The first kappa shape index (κ1) is 10.8. The van der Waals surface area contributed by atoms with Crippen LogP contribution in [0.15, 0.2) is 36.8 Å². The number of ether oxygens (including phenoxy) is 1. The molecule has 0 radical (unpaired) electrons. The Morgan fingerprint density at radius 3 is 2.94 bits per heavy atom. The first-order valence-corrected chi connectivity index (χ1v) is 4.62. The Bertz CT molecular complexity index is 550. The average molecular weight is 233 g/mol. The maximum absolute atomic E-state index is 11.6. The summed E-state index contributed by atoms with van der Waals surface area (Å²) in [6.45, 7) is 0. The van der Waals surface area contributed by atoms with Gasteiger partial charge in [-0.2, -0.15) is 0 Å². The molecule has 86 valence electrons. The van der Waals surface area contributed by atoms with E-state index in [9.17, 15) is 14.9 Å². The van der Waals surface area contributed by atoms with Gasteiger partial charge >= 0.3 is 5.97 Å². The number of nitrogens with one attached hydrogen (secondary N) is 1. The lowest BCUT2D eigenvalue weighted by molar-refractivity contribution is -0.384. The van der Waals surface area contributed by atoms with E-state index in [1.807, 2.05) is 0 Å². The van der Waals surface area contributed by atoms with Crippen molar-refractivity contribution in [1.82, 2.24) is 9.97 Å². The normalized spacial score (nSPS) is 9.88. The number of hydrogen-bond donors (Lipinski definition) is 1. The van der Waals surface area contributed by atoms with Gasteiger partial charge in [-0.15, -0.1) is 0 Å². The second-order valence-corrected chi connectivity index (χ2v) is 3.11. The summed E-state index contributed by atoms with van der Waals surface area (Å²) in [7, 11) is 0. The third-order valence-corrected chi connectivity index (χ3v) is 1.97. The molecule has 2 aromatic rings. The number of carbonyl (C=O) groups excluding carboxylic acids is 1. The predicted molar refractivity (Wildman–Crippen MR) is 56.6 cm³/mol. The summed E-state index contributed by atoms with van der Waals surface area (Å²) in [6.07, 6.45) is 2.69. The zero-order chi connectivity index (χ0) is 12.3. The molecule has 0 fully saturated rings. The van der Waals surface area contributed by atoms with E-state index in [1.54, 1.807) is 0 Å². The van der Waals surface area contributed by atoms with Crippen LogP contribution >= 0.6 is 0 Å². The highest BCUT2D eigenvalue weighted by molar-refractivity contribution is 5.91. The fourth-order valence-corrected chi connectivity index (χ4v) is 1.20. The summed E-state index contributed by atoms with van der Waals surface area (Å²) >= 11 is 0. The van der Waals surface area contributed by atoms with Crippen LogP contribution in [0.5, 0.6) is 5.88 Å². The molecule has 0 aliphatic heterocycles. The molecule has 0 spiro atoms. The Kier molecular flexibility index (Phi) is 2.82. The van der Waals surface area contributed by atoms with Crippen LogP contribution in [0.2, 0.25) is 0 Å². The molecule has 0 atom stereocenters. The SMILES string of the molecule is O=C(Oc1cnc[nH]1)c1cccc([N+](=O)[O-])c1. The number of H-pyrrole nitrogens is 1. The second-order valence-electron chi connectivity index (χ2n) is 3.11. The van der Waals surface area contributed by atoms with Crippen LogP contribution in [0.1, 0.15) is 10.4 Å². The summed E-state index contributed by atoms with van der Waals surface area (Å²) < 4.78 is 4.90. The van der Waals surface area contributed by atoms with Gasteiger partial charge in [-0.1, -0.05) is 6.07 Å². The van der Waals surface area contributed by atoms with Crippen LogP contribution in [-0.4, -0.2) is 20.9 Å². The fraction of sp³-hybridized carbons (Fsp3) is 0. The number of aromatic amines is 1. The highest BCUT2D eigenvalue weighted by Gasteiger charge is 2.13. The maximum Gasteiger partial charge on any atom is 0.345 e. The Morgan fingerprint density at radius 1 is 1.47 bits per heavy atom. The summed E-state index contributed by atoms with van der Waals surface area (Å²) in [5, 5.41) is 10.5. The van der Waals surface area contributed by atoms with Gasteiger partial charge in [0.2, 0.25) is 5.88 Å². The molecule has 1 heterocycles. The zero-order valence-electron chi connectivity index (χ0n) is 8.49. The van der Waals surface area contributed by atoms with Gasteiger partial charge in [0.15, 0.2) is 0 Å². The lowest BCUT2D eigenvalue weighted by Crippen LogP contribution is -2.08. The van der Waals surface area contributed by atoms with Gasteiger partial charge in [-0.25, -0.2) is 9.78 Å². The van der Waals surface area contributed by atoms with Crippen molar-refractivity contribution in [2.45, 2.75) is 0 Å².